The number of nitrogens with zero attached hydrogens (tertiary/aromatic N) is 2. The number of carbonyl (C=O) groups is 1. The molecule has 5 nitrogen and oxygen atoms in total. The van der Waals surface area contributed by atoms with Crippen LogP contribution < -0.4 is 11.1 Å². The molecule has 0 aromatic rings. The molecule has 5 heteroatoms. The van der Waals surface area contributed by atoms with Gasteiger partial charge in [0.2, 0.25) is 5.91 Å². The van der Waals surface area contributed by atoms with Gasteiger partial charge in [-0.2, -0.15) is 0 Å². The minimum absolute atomic E-state index is 0.190. The molecule has 1 aliphatic rings. The molecule has 0 radical (unpaired) electrons. The van der Waals surface area contributed by atoms with Crippen molar-refractivity contribution in [2.75, 3.05) is 40.3 Å². The molecular formula is C16H34N4O. The number of carbonyl (C=O) groups excluding carboxylic acids is 1. The molecule has 21 heavy (non-hydrogen) atoms. The van der Waals surface area contributed by atoms with Crippen molar-refractivity contribution >= 4 is 5.91 Å². The van der Waals surface area contributed by atoms with E-state index in [0.29, 0.717) is 5.92 Å². The Morgan fingerprint density at radius 3 is 2.29 bits per heavy atom. The topological polar surface area (TPSA) is 61.6 Å². The molecule has 124 valence electrons. The molecule has 1 aliphatic carbocycles. The molecule has 1 fully saturated rings. The van der Waals surface area contributed by atoms with E-state index in [4.69, 9.17) is 5.73 Å². The van der Waals surface area contributed by atoms with Crippen molar-refractivity contribution in [3.8, 4) is 0 Å². The molecule has 3 N–H and O–H groups in total. The molecule has 0 bridgehead atoms. The number of hydrogen-bond donors (Lipinski definition) is 2. The zero-order valence-corrected chi connectivity index (χ0v) is 14.5. The number of amides is 1. The van der Waals surface area contributed by atoms with Crippen LogP contribution in [0.25, 0.3) is 0 Å². The van der Waals surface area contributed by atoms with Crippen LogP contribution in [0.3, 0.4) is 0 Å². The van der Waals surface area contributed by atoms with Crippen molar-refractivity contribution in [3.63, 3.8) is 0 Å². The molecule has 1 saturated carbocycles. The summed E-state index contributed by atoms with van der Waals surface area (Å²) >= 11 is 0. The van der Waals surface area contributed by atoms with Gasteiger partial charge in [0.25, 0.3) is 0 Å². The smallest absolute Gasteiger partial charge is 0.239 e. The molecule has 0 saturated heterocycles. The fourth-order valence-corrected chi connectivity index (χ4v) is 3.01. The molecule has 1 atom stereocenters. The maximum Gasteiger partial charge on any atom is 0.239 e. The number of nitrogens with two attached hydrogens (primary N) is 1. The maximum atomic E-state index is 12.2. The summed E-state index contributed by atoms with van der Waals surface area (Å²) in [6.45, 7) is 10.1. The molecule has 0 spiro atoms. The minimum atomic E-state index is -0.560. The Hall–Kier alpha value is -0.650. The predicted octanol–water partition coefficient (Wildman–Crippen LogP) is 0.892. The fourth-order valence-electron chi connectivity index (χ4n) is 3.01. The van der Waals surface area contributed by atoms with Crippen molar-refractivity contribution in [3.05, 3.63) is 0 Å². The van der Waals surface area contributed by atoms with E-state index in [1.807, 2.05) is 0 Å². The molecule has 1 unspecified atom stereocenters. The van der Waals surface area contributed by atoms with Crippen LogP contribution in [0, 0.1) is 5.92 Å². The van der Waals surface area contributed by atoms with E-state index in [9.17, 15) is 4.79 Å². The van der Waals surface area contributed by atoms with Gasteiger partial charge >= 0.3 is 0 Å². The quantitative estimate of drug-likeness (QED) is 0.595. The monoisotopic (exact) mass is 298 g/mol. The normalized spacial score (nSPS) is 18.5. The van der Waals surface area contributed by atoms with Crippen LogP contribution in [0.4, 0.5) is 0 Å². The van der Waals surface area contributed by atoms with Gasteiger partial charge in [-0.05, 0) is 59.7 Å². The lowest BCUT2D eigenvalue weighted by atomic mass is 9.90. The van der Waals surface area contributed by atoms with Gasteiger partial charge in [0.1, 0.15) is 5.54 Å². The highest BCUT2D eigenvalue weighted by Crippen LogP contribution is 2.40. The summed E-state index contributed by atoms with van der Waals surface area (Å²) in [4.78, 5) is 16.8. The van der Waals surface area contributed by atoms with Crippen molar-refractivity contribution in [1.29, 1.82) is 0 Å². The summed E-state index contributed by atoms with van der Waals surface area (Å²) in [5.41, 5.74) is 5.26. The predicted molar refractivity (Wildman–Crippen MR) is 88.2 cm³/mol. The minimum Gasteiger partial charge on any atom is -0.368 e. The van der Waals surface area contributed by atoms with E-state index in [2.05, 4.69) is 50.0 Å². The highest BCUT2D eigenvalue weighted by molar-refractivity contribution is 5.86. The van der Waals surface area contributed by atoms with Crippen LogP contribution in [0.2, 0.25) is 0 Å². The second-order valence-corrected chi connectivity index (χ2v) is 6.99. The Balaban J connectivity index is 2.82. The summed E-state index contributed by atoms with van der Waals surface area (Å²) in [6.07, 6.45) is 3.31. The second-order valence-electron chi connectivity index (χ2n) is 6.99. The third-order valence-electron chi connectivity index (χ3n) is 4.14. The Labute approximate surface area is 130 Å². The van der Waals surface area contributed by atoms with Gasteiger partial charge in [0.05, 0.1) is 0 Å². The van der Waals surface area contributed by atoms with E-state index < -0.39 is 5.54 Å². The SMILES string of the molecule is CCCN(CCN(C)C)CC(NC(C)C)(C(N)=O)C1CC1. The molecule has 0 aromatic heterocycles. The van der Waals surface area contributed by atoms with Crippen molar-refractivity contribution < 1.29 is 4.79 Å². The lowest BCUT2D eigenvalue weighted by Crippen LogP contribution is -2.65. The molecule has 1 rings (SSSR count). The second kappa shape index (κ2) is 8.11. The summed E-state index contributed by atoms with van der Waals surface area (Å²) in [5, 5.41) is 3.50. The Kier molecular flexibility index (Phi) is 7.10. The number of likely N-dealkylation sites (N-methyl/N-ethyl adjacent to an activating group) is 1. The first-order valence-electron chi connectivity index (χ1n) is 8.26. The van der Waals surface area contributed by atoms with Crippen LogP contribution in [-0.2, 0) is 4.79 Å². The maximum absolute atomic E-state index is 12.2. The lowest BCUT2D eigenvalue weighted by Gasteiger charge is -2.39. The Morgan fingerprint density at radius 1 is 1.29 bits per heavy atom. The van der Waals surface area contributed by atoms with Gasteiger partial charge in [0, 0.05) is 25.7 Å². The summed E-state index contributed by atoms with van der Waals surface area (Å²) in [6, 6.07) is 0.260. The molecule has 1 amide bonds. The van der Waals surface area contributed by atoms with Crippen LogP contribution in [-0.4, -0.2) is 67.6 Å². The highest BCUT2D eigenvalue weighted by Gasteiger charge is 2.50. The van der Waals surface area contributed by atoms with E-state index >= 15 is 0 Å². The molecule has 0 heterocycles. The standard InChI is InChI=1S/C16H34N4O/c1-6-9-20(11-10-19(4)5)12-16(15(17)21,14-7-8-14)18-13(2)3/h13-14,18H,6-12H2,1-5H3,(H2,17,21). The van der Waals surface area contributed by atoms with Gasteiger partial charge in [-0.25, -0.2) is 0 Å². The Bertz CT molecular complexity index is 328. The Morgan fingerprint density at radius 2 is 1.90 bits per heavy atom. The largest absolute Gasteiger partial charge is 0.368 e. The van der Waals surface area contributed by atoms with Crippen LogP contribution in [0.5, 0.6) is 0 Å². The molecule has 0 aliphatic heterocycles. The first-order valence-corrected chi connectivity index (χ1v) is 8.26. The molecular weight excluding hydrogens is 264 g/mol. The van der Waals surface area contributed by atoms with Crippen LogP contribution in [0.15, 0.2) is 0 Å². The third-order valence-corrected chi connectivity index (χ3v) is 4.14. The van der Waals surface area contributed by atoms with Gasteiger partial charge < -0.3 is 10.6 Å². The summed E-state index contributed by atoms with van der Waals surface area (Å²) in [7, 11) is 4.16. The average molecular weight is 298 g/mol. The van der Waals surface area contributed by atoms with E-state index in [0.717, 1.165) is 45.4 Å². The van der Waals surface area contributed by atoms with E-state index in [-0.39, 0.29) is 11.9 Å². The zero-order valence-electron chi connectivity index (χ0n) is 14.5. The van der Waals surface area contributed by atoms with E-state index in [1.165, 1.54) is 0 Å². The van der Waals surface area contributed by atoms with Crippen LogP contribution in [0.1, 0.15) is 40.0 Å². The zero-order chi connectivity index (χ0) is 16.0. The number of nitrogens with one attached hydrogen (secondary N) is 1. The fraction of sp³-hybridized carbons (Fsp3) is 0.938. The number of hydrogen-bond acceptors (Lipinski definition) is 4. The number of rotatable bonds is 11. The van der Waals surface area contributed by atoms with Gasteiger partial charge in [-0.3, -0.25) is 15.0 Å². The van der Waals surface area contributed by atoms with Gasteiger partial charge in [-0.1, -0.05) is 6.92 Å². The van der Waals surface area contributed by atoms with Crippen LogP contribution >= 0.6 is 0 Å². The van der Waals surface area contributed by atoms with Crippen molar-refractivity contribution in [1.82, 2.24) is 15.1 Å². The van der Waals surface area contributed by atoms with Gasteiger partial charge in [-0.15, -0.1) is 0 Å². The van der Waals surface area contributed by atoms with Gasteiger partial charge in [0.15, 0.2) is 0 Å². The van der Waals surface area contributed by atoms with E-state index in [1.54, 1.807) is 0 Å². The van der Waals surface area contributed by atoms with Crippen molar-refractivity contribution in [2.24, 2.45) is 11.7 Å². The average Bonchev–Trinajstić information content (AvgIpc) is 3.18. The first-order chi connectivity index (χ1) is 9.81. The highest BCUT2D eigenvalue weighted by atomic mass is 16.1. The molecule has 0 aromatic carbocycles. The van der Waals surface area contributed by atoms with Crippen molar-refractivity contribution in [2.45, 2.75) is 51.6 Å². The number of primary amides is 1. The lowest BCUT2D eigenvalue weighted by molar-refractivity contribution is -0.126. The summed E-state index contributed by atoms with van der Waals surface area (Å²) < 4.78 is 0. The summed E-state index contributed by atoms with van der Waals surface area (Å²) in [5.74, 6) is 0.209. The third kappa shape index (κ3) is 5.57. The first kappa shape index (κ1) is 18.4.